The van der Waals surface area contributed by atoms with Gasteiger partial charge < -0.3 is 27.9 Å². The van der Waals surface area contributed by atoms with Crippen LogP contribution in [0.2, 0.25) is 0 Å². The average molecular weight is 764 g/mol. The number of aromatic nitrogens is 4. The van der Waals surface area contributed by atoms with Crippen molar-refractivity contribution in [3.63, 3.8) is 0 Å². The van der Waals surface area contributed by atoms with Crippen molar-refractivity contribution in [3.8, 4) is 17.3 Å². The molecule has 0 aliphatic heterocycles. The van der Waals surface area contributed by atoms with E-state index in [-0.39, 0.29) is 17.2 Å². The fourth-order valence-corrected chi connectivity index (χ4v) is 6.75. The highest BCUT2D eigenvalue weighted by Crippen LogP contribution is 2.38. The smallest absolute Gasteiger partial charge is 0.413 e. The van der Waals surface area contributed by atoms with Gasteiger partial charge in [-0.2, -0.15) is 13.2 Å². The number of hydrogen-bond acceptors (Lipinski definition) is 9. The summed E-state index contributed by atoms with van der Waals surface area (Å²) in [6, 6.07) is 5.60. The number of benzene rings is 1. The quantitative estimate of drug-likeness (QED) is 0.0765. The number of carbonyl (C=O) groups is 2. The number of methoxy groups -OCH3 is 2. The van der Waals surface area contributed by atoms with Gasteiger partial charge in [0.15, 0.2) is 11.9 Å². The molecule has 11 nitrogen and oxygen atoms in total. The maximum absolute atomic E-state index is 14.5. The summed E-state index contributed by atoms with van der Waals surface area (Å²) in [5.74, 6) is 0.0786. The lowest BCUT2D eigenvalue weighted by atomic mass is 9.86. The second kappa shape index (κ2) is 15.9. The highest BCUT2D eigenvalue weighted by atomic mass is 32.2. The topological polar surface area (TPSA) is 133 Å². The van der Waals surface area contributed by atoms with Crippen molar-refractivity contribution >= 4 is 45.4 Å². The molecule has 2 unspecified atom stereocenters. The second-order valence-corrected chi connectivity index (χ2v) is 17.9. The van der Waals surface area contributed by atoms with E-state index in [0.717, 1.165) is 19.3 Å². The Bertz CT molecular complexity index is 1940. The van der Waals surface area contributed by atoms with Crippen LogP contribution < -0.4 is 9.46 Å². The molecule has 0 saturated heterocycles. The second-order valence-electron chi connectivity index (χ2n) is 15.9. The van der Waals surface area contributed by atoms with E-state index in [9.17, 15) is 27.3 Å². The van der Waals surface area contributed by atoms with Crippen LogP contribution in [0.4, 0.5) is 13.2 Å². The van der Waals surface area contributed by atoms with Crippen LogP contribution in [0, 0.1) is 5.41 Å². The SMILES string of the molecule is COC(=O)c1cc(OC)c2c(c1)nc(-c1cc3ccc(C(N[S+]([O-])C(C)(C)C)C(F)(F)F)nc3n1CCCCCCC(C)(C)C(=O)OC(C)(C)C)n2C. The molecule has 0 spiro atoms. The van der Waals surface area contributed by atoms with E-state index in [1.54, 1.807) is 46.0 Å². The molecule has 4 rings (SSSR count). The number of rotatable bonds is 14. The Morgan fingerprint density at radius 3 is 2.19 bits per heavy atom. The number of aryl methyl sites for hydroxylation is 2. The molecule has 3 heterocycles. The molecule has 3 aromatic heterocycles. The van der Waals surface area contributed by atoms with Crippen molar-refractivity contribution in [1.29, 1.82) is 0 Å². The zero-order chi connectivity index (χ0) is 39.7. The minimum absolute atomic E-state index is 0.244. The number of hydrogen-bond donors (Lipinski definition) is 1. The zero-order valence-electron chi connectivity index (χ0n) is 32.5. The first-order valence-corrected chi connectivity index (χ1v) is 18.7. The molecule has 53 heavy (non-hydrogen) atoms. The Hall–Kier alpha value is -3.82. The zero-order valence-corrected chi connectivity index (χ0v) is 33.3. The van der Waals surface area contributed by atoms with Crippen molar-refractivity contribution < 1.29 is 41.5 Å². The summed E-state index contributed by atoms with van der Waals surface area (Å²) in [7, 11) is 4.56. The number of imidazole rings is 1. The van der Waals surface area contributed by atoms with Crippen molar-refractivity contribution in [2.24, 2.45) is 12.5 Å². The number of pyridine rings is 1. The maximum Gasteiger partial charge on any atom is 0.413 e. The maximum atomic E-state index is 14.5. The van der Waals surface area contributed by atoms with Crippen LogP contribution >= 0.6 is 0 Å². The molecule has 0 aliphatic rings. The van der Waals surface area contributed by atoms with Gasteiger partial charge >= 0.3 is 18.1 Å². The summed E-state index contributed by atoms with van der Waals surface area (Å²) in [6.45, 7) is 14.5. The molecule has 4 aromatic rings. The number of halogens is 3. The summed E-state index contributed by atoms with van der Waals surface area (Å²) in [6.07, 6.45) is -1.10. The minimum atomic E-state index is -4.78. The fourth-order valence-electron chi connectivity index (χ4n) is 5.93. The van der Waals surface area contributed by atoms with E-state index in [0.29, 0.717) is 58.7 Å². The summed E-state index contributed by atoms with van der Waals surface area (Å²) in [4.78, 5) is 34.6. The summed E-state index contributed by atoms with van der Waals surface area (Å²) >= 11 is -2.03. The van der Waals surface area contributed by atoms with Crippen LogP contribution in [0.25, 0.3) is 33.6 Å². The van der Waals surface area contributed by atoms with Crippen LogP contribution in [-0.2, 0) is 39.2 Å². The van der Waals surface area contributed by atoms with Gasteiger partial charge in [-0.3, -0.25) is 4.79 Å². The first-order valence-electron chi connectivity index (χ1n) is 17.6. The van der Waals surface area contributed by atoms with E-state index in [1.807, 2.05) is 49.8 Å². The van der Waals surface area contributed by atoms with E-state index in [1.165, 1.54) is 20.3 Å². The molecule has 1 N–H and O–H groups in total. The Balaban J connectivity index is 1.74. The number of ether oxygens (including phenoxy) is 3. The number of unbranched alkanes of at least 4 members (excludes halogenated alkanes) is 3. The largest absolute Gasteiger partial charge is 0.598 e. The van der Waals surface area contributed by atoms with Gasteiger partial charge in [0.05, 0.1) is 42.1 Å². The number of nitrogens with one attached hydrogen (secondary N) is 1. The molecule has 2 atom stereocenters. The predicted molar refractivity (Wildman–Crippen MR) is 200 cm³/mol. The van der Waals surface area contributed by atoms with Gasteiger partial charge in [0.2, 0.25) is 0 Å². The van der Waals surface area contributed by atoms with Crippen LogP contribution in [0.5, 0.6) is 5.75 Å². The number of nitrogens with zero attached hydrogens (tertiary/aromatic N) is 4. The van der Waals surface area contributed by atoms with Gasteiger partial charge in [-0.1, -0.05) is 19.3 Å². The van der Waals surface area contributed by atoms with Gasteiger partial charge in [-0.15, -0.1) is 4.72 Å². The molecule has 1 aromatic carbocycles. The van der Waals surface area contributed by atoms with Gasteiger partial charge in [-0.05, 0) is 98.6 Å². The Kier molecular flexibility index (Phi) is 12.6. The van der Waals surface area contributed by atoms with Gasteiger partial charge in [0.25, 0.3) is 0 Å². The molecule has 0 aliphatic carbocycles. The Labute approximate surface area is 312 Å². The molecule has 0 radical (unpaired) electrons. The molecule has 0 fully saturated rings. The van der Waals surface area contributed by atoms with Crippen molar-refractivity contribution in [1.82, 2.24) is 23.8 Å². The minimum Gasteiger partial charge on any atom is -0.598 e. The standard InChI is InChI=1S/C38H52F3N5O6S/c1-35(2,3)52-34(48)37(7,8)18-14-12-13-15-19-46-27(32-43-26-20-24(33(47)51-11)22-28(50-10)29(26)45(32)9)21-23-16-17-25(42-31(23)46)30(38(39,40)41)44-53(49)36(4,5)6/h16-17,20-22,30,44H,12-15,18-19H2,1-11H3. The highest BCUT2D eigenvalue weighted by Gasteiger charge is 2.47. The van der Waals surface area contributed by atoms with Crippen LogP contribution in [0.15, 0.2) is 30.3 Å². The van der Waals surface area contributed by atoms with E-state index in [2.05, 4.69) is 9.71 Å². The normalized spacial score (nSPS) is 14.1. The lowest BCUT2D eigenvalue weighted by molar-refractivity contribution is -0.166. The molecule has 292 valence electrons. The van der Waals surface area contributed by atoms with Gasteiger partial charge in [-0.25, -0.2) is 14.8 Å². The highest BCUT2D eigenvalue weighted by molar-refractivity contribution is 7.90. The van der Waals surface area contributed by atoms with Crippen LogP contribution in [0.3, 0.4) is 0 Å². The third-order valence-corrected chi connectivity index (χ3v) is 10.4. The summed E-state index contributed by atoms with van der Waals surface area (Å²) in [5, 5.41) is 0.593. The lowest BCUT2D eigenvalue weighted by Gasteiger charge is -2.28. The number of esters is 2. The third-order valence-electron chi connectivity index (χ3n) is 8.86. The molecule has 15 heteroatoms. The van der Waals surface area contributed by atoms with Crippen molar-refractivity contribution in [2.45, 2.75) is 117 Å². The number of carbonyl (C=O) groups excluding carboxylic acids is 2. The van der Waals surface area contributed by atoms with Crippen molar-refractivity contribution in [3.05, 3.63) is 41.6 Å². The molecule has 0 bridgehead atoms. The first kappa shape index (κ1) is 41.9. The lowest BCUT2D eigenvalue weighted by Crippen LogP contribution is -2.46. The summed E-state index contributed by atoms with van der Waals surface area (Å²) < 4.78 is 77.4. The van der Waals surface area contributed by atoms with Crippen LogP contribution in [-0.4, -0.2) is 66.3 Å². The van der Waals surface area contributed by atoms with E-state index < -0.39 is 45.3 Å². The Morgan fingerprint density at radius 2 is 1.60 bits per heavy atom. The number of alkyl halides is 3. The molecule has 0 saturated carbocycles. The Morgan fingerprint density at radius 1 is 0.943 bits per heavy atom. The predicted octanol–water partition coefficient (Wildman–Crippen LogP) is 8.36. The third kappa shape index (κ3) is 9.84. The van der Waals surface area contributed by atoms with Crippen LogP contribution in [0.1, 0.15) is 110 Å². The summed E-state index contributed by atoms with van der Waals surface area (Å²) in [5.41, 5.74) is 0.708. The monoisotopic (exact) mass is 763 g/mol. The molecular formula is C38H52F3N5O6S. The van der Waals surface area contributed by atoms with Gasteiger partial charge in [0.1, 0.15) is 27.3 Å². The van der Waals surface area contributed by atoms with E-state index >= 15 is 0 Å². The molecular weight excluding hydrogens is 712 g/mol. The fraction of sp³-hybridized carbons (Fsp3) is 0.579. The molecule has 0 amide bonds. The number of fused-ring (bicyclic) bond motifs is 2. The first-order chi connectivity index (χ1) is 24.5. The van der Waals surface area contributed by atoms with Gasteiger partial charge in [0, 0.05) is 30.3 Å². The van der Waals surface area contributed by atoms with Crippen molar-refractivity contribution in [2.75, 3.05) is 14.2 Å². The van der Waals surface area contributed by atoms with E-state index in [4.69, 9.17) is 19.2 Å². The average Bonchev–Trinajstić information content (AvgIpc) is 3.58.